The van der Waals surface area contributed by atoms with Crippen LogP contribution in [-0.2, 0) is 0 Å². The van der Waals surface area contributed by atoms with Gasteiger partial charge in [0, 0.05) is 5.56 Å². The molecular formula is C12H11BrN2. The molecule has 0 saturated carbocycles. The van der Waals surface area contributed by atoms with Gasteiger partial charge in [0.2, 0.25) is 0 Å². The third kappa shape index (κ3) is 2.42. The second-order valence-corrected chi connectivity index (χ2v) is 4.30. The number of halogens is 1. The van der Waals surface area contributed by atoms with Gasteiger partial charge in [-0.1, -0.05) is 29.8 Å². The van der Waals surface area contributed by atoms with E-state index in [1.54, 1.807) is 0 Å². The zero-order chi connectivity index (χ0) is 10.8. The summed E-state index contributed by atoms with van der Waals surface area (Å²) in [6.45, 7) is 3.97. The second kappa shape index (κ2) is 4.11. The fourth-order valence-electron chi connectivity index (χ4n) is 1.40. The summed E-state index contributed by atoms with van der Waals surface area (Å²) in [5.74, 6) is 0.778. The van der Waals surface area contributed by atoms with Crippen molar-refractivity contribution in [3.8, 4) is 11.3 Å². The molecule has 0 unspecified atom stereocenters. The summed E-state index contributed by atoms with van der Waals surface area (Å²) in [5, 5.41) is 0. The van der Waals surface area contributed by atoms with Crippen molar-refractivity contribution in [3.63, 3.8) is 0 Å². The predicted octanol–water partition coefficient (Wildman–Crippen LogP) is 3.52. The second-order valence-electron chi connectivity index (χ2n) is 3.49. The minimum absolute atomic E-state index is 0.778. The largest absolute Gasteiger partial charge is 0.233 e. The van der Waals surface area contributed by atoms with E-state index in [-0.39, 0.29) is 0 Å². The highest BCUT2D eigenvalue weighted by atomic mass is 79.9. The van der Waals surface area contributed by atoms with Gasteiger partial charge < -0.3 is 0 Å². The van der Waals surface area contributed by atoms with E-state index in [1.165, 1.54) is 5.56 Å². The summed E-state index contributed by atoms with van der Waals surface area (Å²) in [5.41, 5.74) is 3.32. The number of rotatable bonds is 1. The van der Waals surface area contributed by atoms with Crippen molar-refractivity contribution in [1.82, 2.24) is 9.97 Å². The lowest BCUT2D eigenvalue weighted by Gasteiger charge is -2.03. The third-order valence-corrected chi connectivity index (χ3v) is 2.56. The first-order chi connectivity index (χ1) is 7.15. The zero-order valence-electron chi connectivity index (χ0n) is 8.66. The molecule has 0 aliphatic rings. The monoisotopic (exact) mass is 262 g/mol. The maximum Gasteiger partial charge on any atom is 0.127 e. The Balaban J connectivity index is 2.49. The molecule has 0 saturated heterocycles. The van der Waals surface area contributed by atoms with Gasteiger partial charge in [-0.05, 0) is 35.8 Å². The first-order valence-electron chi connectivity index (χ1n) is 4.73. The van der Waals surface area contributed by atoms with Crippen LogP contribution in [0.1, 0.15) is 11.4 Å². The summed E-state index contributed by atoms with van der Waals surface area (Å²) < 4.78 is 0.825. The Morgan fingerprint density at radius 3 is 2.27 bits per heavy atom. The van der Waals surface area contributed by atoms with Crippen LogP contribution in [0.5, 0.6) is 0 Å². The fraction of sp³-hybridized carbons (Fsp3) is 0.167. The maximum atomic E-state index is 4.39. The van der Waals surface area contributed by atoms with Crippen LogP contribution < -0.4 is 0 Å². The molecule has 0 amide bonds. The molecule has 1 heterocycles. The van der Waals surface area contributed by atoms with Gasteiger partial charge in [0.25, 0.3) is 0 Å². The maximum absolute atomic E-state index is 4.39. The van der Waals surface area contributed by atoms with Gasteiger partial charge in [-0.25, -0.2) is 9.97 Å². The van der Waals surface area contributed by atoms with Crippen molar-refractivity contribution in [2.24, 2.45) is 0 Å². The van der Waals surface area contributed by atoms with Crippen molar-refractivity contribution in [1.29, 1.82) is 0 Å². The van der Waals surface area contributed by atoms with Crippen LogP contribution >= 0.6 is 15.9 Å². The van der Waals surface area contributed by atoms with Crippen molar-refractivity contribution in [3.05, 3.63) is 46.3 Å². The molecule has 15 heavy (non-hydrogen) atoms. The molecule has 2 rings (SSSR count). The number of aryl methyl sites for hydroxylation is 2. The van der Waals surface area contributed by atoms with E-state index in [1.807, 2.05) is 13.0 Å². The van der Waals surface area contributed by atoms with Crippen LogP contribution in [0.4, 0.5) is 0 Å². The lowest BCUT2D eigenvalue weighted by Crippen LogP contribution is -1.91. The van der Waals surface area contributed by atoms with E-state index in [2.05, 4.69) is 57.1 Å². The Morgan fingerprint density at radius 2 is 1.67 bits per heavy atom. The average molecular weight is 263 g/mol. The topological polar surface area (TPSA) is 25.8 Å². The molecule has 2 nitrogen and oxygen atoms in total. The Labute approximate surface area is 97.5 Å². The quantitative estimate of drug-likeness (QED) is 0.735. The van der Waals surface area contributed by atoms with Crippen molar-refractivity contribution >= 4 is 15.9 Å². The highest BCUT2D eigenvalue weighted by Gasteiger charge is 2.02. The molecule has 0 radical (unpaired) electrons. The minimum atomic E-state index is 0.778. The number of hydrogen-bond acceptors (Lipinski definition) is 2. The number of nitrogens with zero attached hydrogens (tertiary/aromatic N) is 2. The summed E-state index contributed by atoms with van der Waals surface area (Å²) in [6, 6.07) is 10.2. The van der Waals surface area contributed by atoms with Crippen LogP contribution in [-0.4, -0.2) is 9.97 Å². The summed E-state index contributed by atoms with van der Waals surface area (Å²) in [7, 11) is 0. The average Bonchev–Trinajstić information content (AvgIpc) is 2.17. The Bertz CT molecular complexity index is 457. The van der Waals surface area contributed by atoms with Gasteiger partial charge in [-0.3, -0.25) is 0 Å². The molecule has 0 N–H and O–H groups in total. The van der Waals surface area contributed by atoms with Gasteiger partial charge >= 0.3 is 0 Å². The Hall–Kier alpha value is -1.22. The molecule has 1 aromatic heterocycles. The molecule has 0 atom stereocenters. The summed E-state index contributed by atoms with van der Waals surface area (Å²) in [6.07, 6.45) is 0. The Kier molecular flexibility index (Phi) is 2.82. The van der Waals surface area contributed by atoms with Crippen molar-refractivity contribution in [2.75, 3.05) is 0 Å². The van der Waals surface area contributed by atoms with E-state index in [4.69, 9.17) is 0 Å². The molecule has 0 bridgehead atoms. The van der Waals surface area contributed by atoms with E-state index >= 15 is 0 Å². The standard InChI is InChI=1S/C12H11BrN2/c1-8-3-5-10(6-4-8)11-7-12(13)15-9(2)14-11/h3-7H,1-2H3. The molecule has 1 aromatic carbocycles. The molecule has 0 aliphatic carbocycles. The van der Waals surface area contributed by atoms with Crippen molar-refractivity contribution < 1.29 is 0 Å². The van der Waals surface area contributed by atoms with Crippen LogP contribution in [0.3, 0.4) is 0 Å². The lowest BCUT2D eigenvalue weighted by molar-refractivity contribution is 1.04. The molecule has 2 aromatic rings. The smallest absolute Gasteiger partial charge is 0.127 e. The number of benzene rings is 1. The van der Waals surface area contributed by atoms with E-state index in [0.717, 1.165) is 21.7 Å². The normalized spacial score (nSPS) is 10.3. The minimum Gasteiger partial charge on any atom is -0.233 e. The third-order valence-electron chi connectivity index (χ3n) is 2.15. The molecular weight excluding hydrogens is 252 g/mol. The number of aromatic nitrogens is 2. The summed E-state index contributed by atoms with van der Waals surface area (Å²) in [4.78, 5) is 8.58. The van der Waals surface area contributed by atoms with E-state index < -0.39 is 0 Å². The first kappa shape index (κ1) is 10.3. The van der Waals surface area contributed by atoms with Crippen molar-refractivity contribution in [2.45, 2.75) is 13.8 Å². The lowest BCUT2D eigenvalue weighted by atomic mass is 10.1. The van der Waals surface area contributed by atoms with Gasteiger partial charge in [0.05, 0.1) is 5.69 Å². The van der Waals surface area contributed by atoms with Crippen LogP contribution in [0.25, 0.3) is 11.3 Å². The highest BCUT2D eigenvalue weighted by Crippen LogP contribution is 2.20. The molecule has 0 fully saturated rings. The van der Waals surface area contributed by atoms with Gasteiger partial charge in [-0.2, -0.15) is 0 Å². The van der Waals surface area contributed by atoms with Gasteiger partial charge in [0.1, 0.15) is 10.4 Å². The molecule has 0 aliphatic heterocycles. The molecule has 76 valence electrons. The van der Waals surface area contributed by atoms with Crippen LogP contribution in [0.2, 0.25) is 0 Å². The fourth-order valence-corrected chi connectivity index (χ4v) is 1.88. The molecule has 0 spiro atoms. The zero-order valence-corrected chi connectivity index (χ0v) is 10.2. The Morgan fingerprint density at radius 1 is 1.00 bits per heavy atom. The molecule has 3 heteroatoms. The highest BCUT2D eigenvalue weighted by molar-refractivity contribution is 9.10. The summed E-state index contributed by atoms with van der Waals surface area (Å²) >= 11 is 3.37. The predicted molar refractivity (Wildman–Crippen MR) is 64.6 cm³/mol. The number of hydrogen-bond donors (Lipinski definition) is 0. The van der Waals surface area contributed by atoms with Crippen LogP contribution in [0.15, 0.2) is 34.9 Å². The van der Waals surface area contributed by atoms with E-state index in [0.29, 0.717) is 0 Å². The van der Waals surface area contributed by atoms with E-state index in [9.17, 15) is 0 Å². The van der Waals surface area contributed by atoms with Gasteiger partial charge in [0.15, 0.2) is 0 Å². The van der Waals surface area contributed by atoms with Gasteiger partial charge in [-0.15, -0.1) is 0 Å². The first-order valence-corrected chi connectivity index (χ1v) is 5.53. The van der Waals surface area contributed by atoms with Crippen LogP contribution in [0, 0.1) is 13.8 Å². The SMILES string of the molecule is Cc1ccc(-c2cc(Br)nc(C)n2)cc1.